The van der Waals surface area contributed by atoms with Crippen LogP contribution in [0.1, 0.15) is 30.0 Å². The third-order valence-electron chi connectivity index (χ3n) is 3.81. The quantitative estimate of drug-likeness (QED) is 0.880. The molecule has 0 spiro atoms. The lowest BCUT2D eigenvalue weighted by Gasteiger charge is -2.23. The van der Waals surface area contributed by atoms with Gasteiger partial charge in [0.2, 0.25) is 0 Å². The smallest absolute Gasteiger partial charge is 0.0537 e. The lowest BCUT2D eigenvalue weighted by molar-refractivity contribution is 0.248. The third-order valence-corrected chi connectivity index (χ3v) is 3.81. The molecule has 1 atom stereocenters. The Morgan fingerprint density at radius 2 is 2.14 bits per heavy atom. The van der Waals surface area contributed by atoms with Gasteiger partial charge in [0.1, 0.15) is 0 Å². The summed E-state index contributed by atoms with van der Waals surface area (Å²) in [4.78, 5) is 2.52. The number of nitrogens with zero attached hydrogens (tertiary/aromatic N) is 3. The first-order valence-corrected chi connectivity index (χ1v) is 6.79. The molecule has 3 rings (SSSR count). The topological polar surface area (TPSA) is 47.1 Å². The summed E-state index contributed by atoms with van der Waals surface area (Å²) >= 11 is 0. The zero-order valence-corrected chi connectivity index (χ0v) is 13.7. The largest absolute Gasteiger partial charge is 0.399 e. The zero-order chi connectivity index (χ0) is 13.2. The molecule has 0 bridgehead atoms. The molecule has 1 aliphatic heterocycles. The molecule has 0 amide bonds. The fraction of sp³-hybridized carbons (Fsp3) is 0.400. The maximum atomic E-state index is 5.85. The van der Waals surface area contributed by atoms with E-state index in [-0.39, 0.29) is 24.8 Å². The number of anilines is 1. The van der Waals surface area contributed by atoms with Gasteiger partial charge in [0, 0.05) is 37.1 Å². The minimum absolute atomic E-state index is 0. The predicted molar refractivity (Wildman–Crippen MR) is 90.9 cm³/mol. The lowest BCUT2D eigenvalue weighted by atomic mass is 10.1. The van der Waals surface area contributed by atoms with E-state index in [9.17, 15) is 0 Å². The number of aromatic nitrogens is 2. The molecule has 21 heavy (non-hydrogen) atoms. The van der Waals surface area contributed by atoms with E-state index < -0.39 is 0 Å². The minimum Gasteiger partial charge on any atom is -0.399 e. The third kappa shape index (κ3) is 4.13. The van der Waals surface area contributed by atoms with Crippen LogP contribution in [-0.2, 0) is 13.6 Å². The maximum Gasteiger partial charge on any atom is 0.0537 e. The number of benzene rings is 1. The number of rotatable bonds is 3. The maximum absolute atomic E-state index is 5.85. The summed E-state index contributed by atoms with van der Waals surface area (Å²) < 4.78 is 1.88. The van der Waals surface area contributed by atoms with Gasteiger partial charge in [-0.2, -0.15) is 5.10 Å². The van der Waals surface area contributed by atoms with Gasteiger partial charge >= 0.3 is 0 Å². The van der Waals surface area contributed by atoms with Gasteiger partial charge in [-0.15, -0.1) is 24.8 Å². The molecule has 0 aliphatic carbocycles. The Hall–Kier alpha value is -1.23. The molecule has 1 fully saturated rings. The summed E-state index contributed by atoms with van der Waals surface area (Å²) in [5.41, 5.74) is 9.30. The molecule has 1 saturated heterocycles. The molecule has 1 aliphatic rings. The molecule has 1 unspecified atom stereocenters. The van der Waals surface area contributed by atoms with Crippen molar-refractivity contribution in [3.63, 3.8) is 0 Å². The van der Waals surface area contributed by atoms with Crippen molar-refractivity contribution >= 4 is 30.5 Å². The number of halogens is 2. The number of hydrogen-bond donors (Lipinski definition) is 1. The molecular formula is C15H22Cl2N4. The average Bonchev–Trinajstić information content (AvgIpc) is 2.98. The summed E-state index contributed by atoms with van der Waals surface area (Å²) in [6, 6.07) is 8.68. The molecule has 1 aromatic carbocycles. The van der Waals surface area contributed by atoms with Gasteiger partial charge in [-0.25, -0.2) is 0 Å². The van der Waals surface area contributed by atoms with Crippen LogP contribution in [0.3, 0.4) is 0 Å². The van der Waals surface area contributed by atoms with Gasteiger partial charge in [-0.3, -0.25) is 9.58 Å². The number of hydrogen-bond acceptors (Lipinski definition) is 3. The summed E-state index contributed by atoms with van der Waals surface area (Å²) in [6.45, 7) is 2.11. The summed E-state index contributed by atoms with van der Waals surface area (Å²) in [5, 5.41) is 4.29. The number of likely N-dealkylation sites (tertiary alicyclic amines) is 1. The van der Waals surface area contributed by atoms with E-state index >= 15 is 0 Å². The highest BCUT2D eigenvalue weighted by molar-refractivity contribution is 5.85. The fourth-order valence-electron chi connectivity index (χ4n) is 2.93. The number of aryl methyl sites for hydroxylation is 1. The van der Waals surface area contributed by atoms with Crippen LogP contribution in [0.15, 0.2) is 36.7 Å². The van der Waals surface area contributed by atoms with Crippen molar-refractivity contribution in [2.45, 2.75) is 25.4 Å². The van der Waals surface area contributed by atoms with E-state index in [1.54, 1.807) is 0 Å². The van der Waals surface area contributed by atoms with Gasteiger partial charge in [-0.05, 0) is 37.1 Å². The Kier molecular flexibility index (Phi) is 6.52. The van der Waals surface area contributed by atoms with E-state index in [0.29, 0.717) is 6.04 Å². The first-order valence-electron chi connectivity index (χ1n) is 6.79. The normalized spacial score (nSPS) is 18.0. The van der Waals surface area contributed by atoms with Crippen LogP contribution in [0.4, 0.5) is 5.69 Å². The fourth-order valence-corrected chi connectivity index (χ4v) is 2.93. The Morgan fingerprint density at radius 3 is 2.81 bits per heavy atom. The lowest BCUT2D eigenvalue weighted by Crippen LogP contribution is -2.22. The van der Waals surface area contributed by atoms with Crippen molar-refractivity contribution in [2.75, 3.05) is 12.3 Å². The Balaban J connectivity index is 0.00000110. The van der Waals surface area contributed by atoms with E-state index in [1.807, 2.05) is 30.1 Å². The molecule has 2 heterocycles. The van der Waals surface area contributed by atoms with Crippen molar-refractivity contribution in [1.29, 1.82) is 0 Å². The van der Waals surface area contributed by atoms with Crippen LogP contribution in [0.2, 0.25) is 0 Å². The van der Waals surface area contributed by atoms with Gasteiger partial charge in [0.25, 0.3) is 0 Å². The van der Waals surface area contributed by atoms with Crippen LogP contribution in [-0.4, -0.2) is 21.2 Å². The summed E-state index contributed by atoms with van der Waals surface area (Å²) in [6.07, 6.45) is 6.58. The first kappa shape index (κ1) is 17.8. The van der Waals surface area contributed by atoms with E-state index in [0.717, 1.165) is 18.8 Å². The van der Waals surface area contributed by atoms with E-state index in [2.05, 4.69) is 28.3 Å². The molecular weight excluding hydrogens is 307 g/mol. The molecule has 0 saturated carbocycles. The summed E-state index contributed by atoms with van der Waals surface area (Å²) in [7, 11) is 1.97. The highest BCUT2D eigenvalue weighted by Crippen LogP contribution is 2.32. The first-order chi connectivity index (χ1) is 9.22. The molecule has 1 aromatic heterocycles. The summed E-state index contributed by atoms with van der Waals surface area (Å²) in [5.74, 6) is 0. The molecule has 2 aromatic rings. The standard InChI is InChI=1S/C15H20N4.2ClH/c1-18-11-13(9-17-18)15-6-3-7-19(15)10-12-4-2-5-14(16)8-12;;/h2,4-5,8-9,11,15H,3,6-7,10,16H2,1H3;2*1H. The molecule has 2 N–H and O–H groups in total. The van der Waals surface area contributed by atoms with Crippen LogP contribution in [0.25, 0.3) is 0 Å². The Labute approximate surface area is 138 Å². The van der Waals surface area contributed by atoms with Gasteiger partial charge < -0.3 is 5.73 Å². The molecule has 4 nitrogen and oxygen atoms in total. The van der Waals surface area contributed by atoms with Gasteiger partial charge in [0.15, 0.2) is 0 Å². The van der Waals surface area contributed by atoms with E-state index in [4.69, 9.17) is 5.73 Å². The van der Waals surface area contributed by atoms with E-state index in [1.165, 1.54) is 24.0 Å². The van der Waals surface area contributed by atoms with Crippen molar-refractivity contribution in [2.24, 2.45) is 7.05 Å². The SMILES string of the molecule is Cl.Cl.Cn1cc(C2CCCN2Cc2cccc(N)c2)cn1. The second kappa shape index (κ2) is 7.69. The number of nitrogen functional groups attached to an aromatic ring is 1. The van der Waals surface area contributed by atoms with Crippen molar-refractivity contribution < 1.29 is 0 Å². The highest BCUT2D eigenvalue weighted by Gasteiger charge is 2.26. The van der Waals surface area contributed by atoms with Crippen LogP contribution in [0.5, 0.6) is 0 Å². The zero-order valence-electron chi connectivity index (χ0n) is 12.1. The second-order valence-electron chi connectivity index (χ2n) is 5.32. The Bertz CT molecular complexity index is 570. The highest BCUT2D eigenvalue weighted by atomic mass is 35.5. The van der Waals surface area contributed by atoms with Gasteiger partial charge in [-0.1, -0.05) is 12.1 Å². The van der Waals surface area contributed by atoms with Crippen LogP contribution < -0.4 is 5.73 Å². The predicted octanol–water partition coefficient (Wildman–Crippen LogP) is 3.18. The van der Waals surface area contributed by atoms with Crippen molar-refractivity contribution in [1.82, 2.24) is 14.7 Å². The Morgan fingerprint density at radius 1 is 1.33 bits per heavy atom. The van der Waals surface area contributed by atoms with Crippen molar-refractivity contribution in [3.8, 4) is 0 Å². The second-order valence-corrected chi connectivity index (χ2v) is 5.32. The average molecular weight is 329 g/mol. The minimum atomic E-state index is 0. The van der Waals surface area contributed by atoms with Crippen LogP contribution in [0, 0.1) is 0 Å². The molecule has 0 radical (unpaired) electrons. The van der Waals surface area contributed by atoms with Crippen molar-refractivity contribution in [3.05, 3.63) is 47.8 Å². The molecule has 116 valence electrons. The molecule has 6 heteroatoms. The number of nitrogens with two attached hydrogens (primary N) is 1. The van der Waals surface area contributed by atoms with Crippen LogP contribution >= 0.6 is 24.8 Å². The van der Waals surface area contributed by atoms with Gasteiger partial charge in [0.05, 0.1) is 6.20 Å². The monoisotopic (exact) mass is 328 g/mol.